The summed E-state index contributed by atoms with van der Waals surface area (Å²) in [5.74, 6) is -0.427. The van der Waals surface area contributed by atoms with Gasteiger partial charge in [-0.2, -0.15) is 5.26 Å². The van der Waals surface area contributed by atoms with Crippen LogP contribution in [0.25, 0.3) is 6.08 Å². The summed E-state index contributed by atoms with van der Waals surface area (Å²) in [5, 5.41) is 8.95. The lowest BCUT2D eigenvalue weighted by molar-refractivity contribution is -0.138. The molecule has 0 spiro atoms. The molecule has 2 aromatic carbocycles. The number of ether oxygens (including phenoxy) is 1. The normalized spacial score (nSPS) is 10.3. The summed E-state index contributed by atoms with van der Waals surface area (Å²) in [6.07, 6.45) is 3.09. The Balaban J connectivity index is 1.93. The average molecular weight is 277 g/mol. The Morgan fingerprint density at radius 2 is 1.90 bits per heavy atom. The van der Waals surface area contributed by atoms with Crippen molar-refractivity contribution >= 4 is 12.0 Å². The molecule has 0 radical (unpaired) electrons. The van der Waals surface area contributed by atoms with Crippen molar-refractivity contribution in [3.05, 3.63) is 76.9 Å². The summed E-state index contributed by atoms with van der Waals surface area (Å²) in [7, 11) is 0. The number of carbonyl (C=O) groups excluding carboxylic acids is 1. The smallest absolute Gasteiger partial charge is 0.331 e. The molecule has 0 aliphatic heterocycles. The topological polar surface area (TPSA) is 50.1 Å². The molecule has 104 valence electrons. The molecule has 0 heterocycles. The van der Waals surface area contributed by atoms with Crippen LogP contribution in [0.15, 0.2) is 54.6 Å². The van der Waals surface area contributed by atoms with Gasteiger partial charge in [-0.3, -0.25) is 0 Å². The standard InChI is InChI=1S/C18H15NO2/c1-14-6-8-15(9-7-14)10-11-18(20)21-13-17-5-3-2-4-16(17)12-19/h2-11H,13H2,1H3/b11-10+. The zero-order chi connectivity index (χ0) is 15.1. The van der Waals surface area contributed by atoms with E-state index in [9.17, 15) is 4.79 Å². The van der Waals surface area contributed by atoms with Gasteiger partial charge in [0.25, 0.3) is 0 Å². The molecule has 0 aliphatic carbocycles. The van der Waals surface area contributed by atoms with E-state index in [1.165, 1.54) is 11.6 Å². The van der Waals surface area contributed by atoms with E-state index in [1.54, 1.807) is 24.3 Å². The molecule has 2 rings (SSSR count). The Morgan fingerprint density at radius 3 is 2.62 bits per heavy atom. The summed E-state index contributed by atoms with van der Waals surface area (Å²) in [6.45, 7) is 2.11. The molecular weight excluding hydrogens is 262 g/mol. The lowest BCUT2D eigenvalue weighted by Crippen LogP contribution is -2.02. The van der Waals surface area contributed by atoms with Crippen LogP contribution in [0.4, 0.5) is 0 Å². The predicted molar refractivity (Wildman–Crippen MR) is 81.2 cm³/mol. The Kier molecular flexibility index (Phi) is 4.89. The fraction of sp³-hybridized carbons (Fsp3) is 0.111. The highest BCUT2D eigenvalue weighted by atomic mass is 16.5. The van der Waals surface area contributed by atoms with Gasteiger partial charge < -0.3 is 4.74 Å². The zero-order valence-electron chi connectivity index (χ0n) is 11.7. The Hall–Kier alpha value is -2.86. The van der Waals surface area contributed by atoms with Crippen molar-refractivity contribution in [1.82, 2.24) is 0 Å². The molecule has 3 nitrogen and oxygen atoms in total. The monoisotopic (exact) mass is 277 g/mol. The van der Waals surface area contributed by atoms with Gasteiger partial charge >= 0.3 is 5.97 Å². The van der Waals surface area contributed by atoms with Gasteiger partial charge in [-0.25, -0.2) is 4.79 Å². The maximum absolute atomic E-state index is 11.7. The predicted octanol–water partition coefficient (Wildman–Crippen LogP) is 3.62. The van der Waals surface area contributed by atoms with Gasteiger partial charge in [0.1, 0.15) is 6.61 Å². The third-order valence-electron chi connectivity index (χ3n) is 3.00. The molecule has 0 N–H and O–H groups in total. The highest BCUT2D eigenvalue weighted by molar-refractivity contribution is 5.87. The second-order valence-corrected chi connectivity index (χ2v) is 4.62. The first-order chi connectivity index (χ1) is 10.2. The highest BCUT2D eigenvalue weighted by Gasteiger charge is 2.03. The Morgan fingerprint density at radius 1 is 1.19 bits per heavy atom. The number of hydrogen-bond acceptors (Lipinski definition) is 3. The molecule has 0 saturated heterocycles. The maximum Gasteiger partial charge on any atom is 0.331 e. The fourth-order valence-corrected chi connectivity index (χ4v) is 1.79. The zero-order valence-corrected chi connectivity index (χ0v) is 11.7. The summed E-state index contributed by atoms with van der Waals surface area (Å²) >= 11 is 0. The van der Waals surface area contributed by atoms with Crippen LogP contribution < -0.4 is 0 Å². The van der Waals surface area contributed by atoms with E-state index in [0.717, 1.165) is 5.56 Å². The number of nitrogens with zero attached hydrogens (tertiary/aromatic N) is 1. The molecule has 0 atom stereocenters. The van der Waals surface area contributed by atoms with E-state index in [2.05, 4.69) is 6.07 Å². The lowest BCUT2D eigenvalue weighted by atomic mass is 10.1. The molecule has 21 heavy (non-hydrogen) atoms. The molecule has 0 aliphatic rings. The van der Waals surface area contributed by atoms with Crippen LogP contribution in [-0.4, -0.2) is 5.97 Å². The van der Waals surface area contributed by atoms with Crippen molar-refractivity contribution < 1.29 is 9.53 Å². The van der Waals surface area contributed by atoms with Crippen LogP contribution in [0, 0.1) is 18.3 Å². The Labute approximate surface area is 124 Å². The number of esters is 1. The van der Waals surface area contributed by atoms with E-state index in [-0.39, 0.29) is 6.61 Å². The van der Waals surface area contributed by atoms with Crippen LogP contribution in [0.2, 0.25) is 0 Å². The van der Waals surface area contributed by atoms with Crippen molar-refractivity contribution in [3.63, 3.8) is 0 Å². The van der Waals surface area contributed by atoms with Gasteiger partial charge in [0.05, 0.1) is 11.6 Å². The third kappa shape index (κ3) is 4.32. The first-order valence-electron chi connectivity index (χ1n) is 6.58. The number of carbonyl (C=O) groups is 1. The number of rotatable bonds is 4. The number of nitriles is 1. The second-order valence-electron chi connectivity index (χ2n) is 4.62. The summed E-state index contributed by atoms with van der Waals surface area (Å²) in [5.41, 5.74) is 3.34. The van der Waals surface area contributed by atoms with Gasteiger partial charge in [0.15, 0.2) is 0 Å². The minimum atomic E-state index is -0.427. The van der Waals surface area contributed by atoms with Crippen molar-refractivity contribution in [2.75, 3.05) is 0 Å². The largest absolute Gasteiger partial charge is 0.458 e. The fourth-order valence-electron chi connectivity index (χ4n) is 1.79. The van der Waals surface area contributed by atoms with Crippen LogP contribution in [0.5, 0.6) is 0 Å². The molecular formula is C18H15NO2. The summed E-state index contributed by atoms with van der Waals surface area (Å²) in [6, 6.07) is 17.0. The molecule has 0 saturated carbocycles. The molecule has 2 aromatic rings. The number of benzene rings is 2. The van der Waals surface area contributed by atoms with Crippen molar-refractivity contribution in [2.24, 2.45) is 0 Å². The average Bonchev–Trinajstić information content (AvgIpc) is 2.52. The molecule has 0 fully saturated rings. The maximum atomic E-state index is 11.7. The van der Waals surface area contributed by atoms with E-state index < -0.39 is 5.97 Å². The van der Waals surface area contributed by atoms with Crippen LogP contribution in [0.3, 0.4) is 0 Å². The first-order valence-corrected chi connectivity index (χ1v) is 6.58. The molecule has 3 heteroatoms. The lowest BCUT2D eigenvalue weighted by Gasteiger charge is -2.03. The minimum Gasteiger partial charge on any atom is -0.458 e. The van der Waals surface area contributed by atoms with E-state index in [1.807, 2.05) is 37.3 Å². The number of hydrogen-bond donors (Lipinski definition) is 0. The quantitative estimate of drug-likeness (QED) is 0.633. The molecule has 0 aromatic heterocycles. The first kappa shape index (κ1) is 14.5. The van der Waals surface area contributed by atoms with Gasteiger partial charge in [-0.15, -0.1) is 0 Å². The van der Waals surface area contributed by atoms with Gasteiger partial charge in [-0.1, -0.05) is 48.0 Å². The second kappa shape index (κ2) is 7.06. The minimum absolute atomic E-state index is 0.0980. The third-order valence-corrected chi connectivity index (χ3v) is 3.00. The Bertz CT molecular complexity index is 694. The van der Waals surface area contributed by atoms with Crippen molar-refractivity contribution in [2.45, 2.75) is 13.5 Å². The van der Waals surface area contributed by atoms with Crippen molar-refractivity contribution in [3.8, 4) is 6.07 Å². The van der Waals surface area contributed by atoms with Gasteiger partial charge in [0, 0.05) is 11.6 Å². The van der Waals surface area contributed by atoms with Gasteiger partial charge in [-0.05, 0) is 24.6 Å². The van der Waals surface area contributed by atoms with E-state index >= 15 is 0 Å². The molecule has 0 unspecified atom stereocenters. The molecule has 0 amide bonds. The molecule has 0 bridgehead atoms. The number of aryl methyl sites for hydroxylation is 1. The highest BCUT2D eigenvalue weighted by Crippen LogP contribution is 2.09. The van der Waals surface area contributed by atoms with Gasteiger partial charge in [0.2, 0.25) is 0 Å². The summed E-state index contributed by atoms with van der Waals surface area (Å²) < 4.78 is 5.14. The van der Waals surface area contributed by atoms with Crippen LogP contribution in [0.1, 0.15) is 22.3 Å². The van der Waals surface area contributed by atoms with Crippen LogP contribution >= 0.6 is 0 Å². The van der Waals surface area contributed by atoms with Crippen LogP contribution in [-0.2, 0) is 16.1 Å². The SMILES string of the molecule is Cc1ccc(/C=C/C(=O)OCc2ccccc2C#N)cc1. The summed E-state index contributed by atoms with van der Waals surface area (Å²) in [4.78, 5) is 11.7. The van der Waals surface area contributed by atoms with E-state index in [0.29, 0.717) is 11.1 Å². The van der Waals surface area contributed by atoms with Crippen molar-refractivity contribution in [1.29, 1.82) is 5.26 Å². The van der Waals surface area contributed by atoms with E-state index in [4.69, 9.17) is 10.00 Å².